The van der Waals surface area contributed by atoms with Gasteiger partial charge in [0.15, 0.2) is 0 Å². The van der Waals surface area contributed by atoms with Crippen LogP contribution in [0.4, 0.5) is 0 Å². The third-order valence-corrected chi connectivity index (χ3v) is 13.8. The average Bonchev–Trinajstić information content (AvgIpc) is 3.31. The first-order chi connectivity index (χ1) is 32.4. The van der Waals surface area contributed by atoms with Crippen molar-refractivity contribution >= 4 is 17.9 Å². The Kier molecular flexibility index (Phi) is 52.6. The van der Waals surface area contributed by atoms with Crippen molar-refractivity contribution in [1.29, 1.82) is 0 Å². The predicted octanol–water partition coefficient (Wildman–Crippen LogP) is 19.7. The average molecular weight is 932 g/mol. The third-order valence-electron chi connectivity index (χ3n) is 13.8. The van der Waals surface area contributed by atoms with Gasteiger partial charge in [-0.2, -0.15) is 0 Å². The zero-order valence-electron chi connectivity index (χ0n) is 45.0. The van der Waals surface area contributed by atoms with Gasteiger partial charge in [-0.1, -0.05) is 290 Å². The molecule has 0 amide bonds. The molecule has 0 spiro atoms. The molecule has 0 aromatic rings. The largest absolute Gasteiger partial charge is 0.461 e. The van der Waals surface area contributed by atoms with E-state index in [1.807, 2.05) is 6.92 Å². The van der Waals surface area contributed by atoms with Crippen molar-refractivity contribution in [1.82, 2.24) is 0 Å². The molecule has 0 radical (unpaired) electrons. The van der Waals surface area contributed by atoms with Gasteiger partial charge in [-0.25, -0.2) is 0 Å². The van der Waals surface area contributed by atoms with E-state index in [0.29, 0.717) is 24.8 Å². The molecule has 0 rings (SSSR count). The minimum Gasteiger partial charge on any atom is -0.461 e. The van der Waals surface area contributed by atoms with Gasteiger partial charge >= 0.3 is 17.9 Å². The van der Waals surface area contributed by atoms with Crippen LogP contribution in [-0.2, 0) is 28.6 Å². The van der Waals surface area contributed by atoms with E-state index in [9.17, 15) is 14.4 Å². The maximum absolute atomic E-state index is 12.8. The van der Waals surface area contributed by atoms with E-state index in [2.05, 4.69) is 20.8 Å². The van der Waals surface area contributed by atoms with Crippen LogP contribution in [0.3, 0.4) is 0 Å². The molecule has 0 saturated heterocycles. The van der Waals surface area contributed by atoms with Crippen molar-refractivity contribution in [2.24, 2.45) is 0 Å². The van der Waals surface area contributed by atoms with E-state index < -0.39 is 0 Å². The summed E-state index contributed by atoms with van der Waals surface area (Å²) in [7, 11) is 0. The molecule has 0 bridgehead atoms. The second-order valence-electron chi connectivity index (χ2n) is 20.5. The van der Waals surface area contributed by atoms with E-state index in [1.54, 1.807) is 0 Å². The number of ether oxygens (including phenoxy) is 3. The van der Waals surface area contributed by atoms with Crippen LogP contribution in [0.5, 0.6) is 0 Å². The van der Waals surface area contributed by atoms with Crippen LogP contribution >= 0.6 is 0 Å². The fraction of sp³-hybridized carbons (Fsp3) is 0.917. The Labute approximate surface area is 411 Å². The van der Waals surface area contributed by atoms with Crippen molar-refractivity contribution in [2.45, 2.75) is 336 Å². The molecule has 0 unspecified atom stereocenters. The first kappa shape index (κ1) is 64.2. The topological polar surface area (TPSA) is 78.9 Å². The SMILES string of the molecule is CCCCCCCCCCCCCCCCCC(=O)OCC(C)=C(COC(=O)CCCCCCCCCCCCCCCCC)COC(=O)CCCCCCCCCCCCCCCCC. The smallest absolute Gasteiger partial charge is 0.306 e. The molecule has 0 saturated carbocycles. The number of unbranched alkanes of at least 4 members (excludes halogenated alkanes) is 42. The summed E-state index contributed by atoms with van der Waals surface area (Å²) in [6.45, 7) is 8.97. The minimum absolute atomic E-state index is 0.0617. The zero-order chi connectivity index (χ0) is 48.1. The van der Waals surface area contributed by atoms with Gasteiger partial charge < -0.3 is 14.2 Å². The van der Waals surface area contributed by atoms with Crippen LogP contribution in [0.15, 0.2) is 11.1 Å². The lowest BCUT2D eigenvalue weighted by molar-refractivity contribution is -0.145. The highest BCUT2D eigenvalue weighted by molar-refractivity contribution is 5.70. The Balaban J connectivity index is 4.47. The Hall–Kier alpha value is -1.85. The molecule has 6 heteroatoms. The van der Waals surface area contributed by atoms with Crippen LogP contribution in [0.25, 0.3) is 0 Å². The van der Waals surface area contributed by atoms with Gasteiger partial charge in [-0.3, -0.25) is 14.4 Å². The number of carbonyl (C=O) groups excluding carboxylic acids is 3. The Morgan fingerprint density at radius 2 is 0.409 bits per heavy atom. The molecule has 6 nitrogen and oxygen atoms in total. The lowest BCUT2D eigenvalue weighted by Gasteiger charge is -2.14. The quantitative estimate of drug-likeness (QED) is 0.0262. The van der Waals surface area contributed by atoms with Crippen molar-refractivity contribution in [2.75, 3.05) is 19.8 Å². The van der Waals surface area contributed by atoms with Gasteiger partial charge in [0.05, 0.1) is 0 Å². The van der Waals surface area contributed by atoms with E-state index in [-0.39, 0.29) is 37.7 Å². The monoisotopic (exact) mass is 931 g/mol. The molecule has 0 aliphatic carbocycles. The van der Waals surface area contributed by atoms with Gasteiger partial charge in [0.25, 0.3) is 0 Å². The molecule has 0 aromatic carbocycles. The molecular weight excluding hydrogens is 817 g/mol. The summed E-state index contributed by atoms with van der Waals surface area (Å²) < 4.78 is 17.1. The van der Waals surface area contributed by atoms with E-state index in [0.717, 1.165) is 56.9 Å². The number of carbonyl (C=O) groups is 3. The lowest BCUT2D eigenvalue weighted by atomic mass is 10.0. The van der Waals surface area contributed by atoms with E-state index in [4.69, 9.17) is 14.2 Å². The van der Waals surface area contributed by atoms with Crippen LogP contribution in [-0.4, -0.2) is 37.7 Å². The lowest BCUT2D eigenvalue weighted by Crippen LogP contribution is -2.17. The maximum atomic E-state index is 12.8. The van der Waals surface area contributed by atoms with Gasteiger partial charge in [0, 0.05) is 24.8 Å². The van der Waals surface area contributed by atoms with Crippen molar-refractivity contribution in [3.05, 3.63) is 11.1 Å². The van der Waals surface area contributed by atoms with Gasteiger partial charge in [-0.15, -0.1) is 0 Å². The van der Waals surface area contributed by atoms with E-state index in [1.165, 1.54) is 238 Å². The number of rotatable bonds is 54. The molecular formula is C60H114O6. The Morgan fingerprint density at radius 1 is 0.242 bits per heavy atom. The van der Waals surface area contributed by atoms with E-state index >= 15 is 0 Å². The molecule has 0 fully saturated rings. The molecule has 0 aromatic heterocycles. The Morgan fingerprint density at radius 3 is 0.606 bits per heavy atom. The highest BCUT2D eigenvalue weighted by Crippen LogP contribution is 2.18. The molecule has 66 heavy (non-hydrogen) atoms. The fourth-order valence-electron chi connectivity index (χ4n) is 9.05. The second-order valence-corrected chi connectivity index (χ2v) is 20.5. The highest BCUT2D eigenvalue weighted by Gasteiger charge is 2.13. The molecule has 0 heterocycles. The third kappa shape index (κ3) is 50.0. The summed E-state index contributed by atoms with van der Waals surface area (Å²) in [6.07, 6.45) is 59.2. The summed E-state index contributed by atoms with van der Waals surface area (Å²) in [4.78, 5) is 38.2. The minimum atomic E-state index is -0.218. The summed E-state index contributed by atoms with van der Waals surface area (Å²) >= 11 is 0. The van der Waals surface area contributed by atoms with Crippen LogP contribution < -0.4 is 0 Å². The van der Waals surface area contributed by atoms with Crippen molar-refractivity contribution in [3.8, 4) is 0 Å². The molecule has 0 N–H and O–H groups in total. The summed E-state index contributed by atoms with van der Waals surface area (Å²) in [5, 5.41) is 0. The maximum Gasteiger partial charge on any atom is 0.306 e. The fourth-order valence-corrected chi connectivity index (χ4v) is 9.05. The summed E-state index contributed by atoms with van der Waals surface area (Å²) in [5.74, 6) is -0.632. The number of hydrogen-bond donors (Lipinski definition) is 0. The Bertz CT molecular complexity index is 1020. The van der Waals surface area contributed by atoms with Crippen LogP contribution in [0, 0.1) is 0 Å². The first-order valence-corrected chi connectivity index (χ1v) is 29.6. The highest BCUT2D eigenvalue weighted by atomic mass is 16.5. The van der Waals surface area contributed by atoms with Crippen molar-refractivity contribution < 1.29 is 28.6 Å². The van der Waals surface area contributed by atoms with Gasteiger partial charge in [0.1, 0.15) is 19.8 Å². The second kappa shape index (κ2) is 54.1. The van der Waals surface area contributed by atoms with Gasteiger partial charge in [-0.05, 0) is 31.8 Å². The number of esters is 3. The normalized spacial score (nSPS) is 11.3. The molecule has 390 valence electrons. The molecule has 0 aliphatic rings. The van der Waals surface area contributed by atoms with Gasteiger partial charge in [0.2, 0.25) is 0 Å². The number of hydrogen-bond acceptors (Lipinski definition) is 6. The predicted molar refractivity (Wildman–Crippen MR) is 284 cm³/mol. The molecule has 0 atom stereocenters. The van der Waals surface area contributed by atoms with Crippen LogP contribution in [0.2, 0.25) is 0 Å². The first-order valence-electron chi connectivity index (χ1n) is 29.6. The van der Waals surface area contributed by atoms with Crippen LogP contribution in [0.1, 0.15) is 336 Å². The molecule has 0 aliphatic heterocycles. The standard InChI is InChI=1S/C60H114O6/c1-5-8-11-14-17-20-23-26-29-32-35-38-41-44-47-50-58(61)64-53-56(4)57(54-65-59(62)51-48-45-42-39-36-33-30-27-24-21-18-15-12-9-6-2)55-66-60(63)52-49-46-43-40-37-34-31-28-25-22-19-16-13-10-7-3/h5-55H2,1-4H3. The summed E-state index contributed by atoms with van der Waals surface area (Å²) in [5.41, 5.74) is 1.50. The van der Waals surface area contributed by atoms with Crippen molar-refractivity contribution in [3.63, 3.8) is 0 Å². The summed E-state index contributed by atoms with van der Waals surface area (Å²) in [6, 6.07) is 0. The zero-order valence-corrected chi connectivity index (χ0v) is 45.0.